The van der Waals surface area contributed by atoms with Gasteiger partial charge in [0.05, 0.1) is 10.5 Å². The summed E-state index contributed by atoms with van der Waals surface area (Å²) in [6, 6.07) is 6.67. The van der Waals surface area contributed by atoms with Gasteiger partial charge in [-0.05, 0) is 49.6 Å². The van der Waals surface area contributed by atoms with E-state index in [1.165, 1.54) is 16.4 Å². The number of esters is 1. The summed E-state index contributed by atoms with van der Waals surface area (Å²) < 4.78 is 58.5. The molecule has 0 bridgehead atoms. The second-order valence-electron chi connectivity index (χ2n) is 7.23. The molecular weight excluding hydrogens is 430 g/mol. The van der Waals surface area contributed by atoms with Crippen molar-refractivity contribution in [1.29, 1.82) is 0 Å². The summed E-state index contributed by atoms with van der Waals surface area (Å²) in [5.74, 6) is -3.68. The Hall–Kier alpha value is -2.85. The maximum Gasteiger partial charge on any atom is 0.338 e. The fourth-order valence-electron chi connectivity index (χ4n) is 3.28. The van der Waals surface area contributed by atoms with Crippen LogP contribution in [0.5, 0.6) is 0 Å². The van der Waals surface area contributed by atoms with Gasteiger partial charge in [-0.2, -0.15) is 4.31 Å². The number of hydrogen-bond donors (Lipinski definition) is 1. The van der Waals surface area contributed by atoms with Crippen LogP contribution >= 0.6 is 0 Å². The van der Waals surface area contributed by atoms with Crippen LogP contribution in [0.4, 0.5) is 14.5 Å². The first-order valence-electron chi connectivity index (χ1n) is 9.71. The highest BCUT2D eigenvalue weighted by molar-refractivity contribution is 7.89. The van der Waals surface area contributed by atoms with Crippen molar-refractivity contribution in [1.82, 2.24) is 4.31 Å². The van der Waals surface area contributed by atoms with E-state index in [0.29, 0.717) is 24.7 Å². The molecular formula is C21H22F2N2O5S. The summed E-state index contributed by atoms with van der Waals surface area (Å²) in [5, 5.41) is 2.47. The first kappa shape index (κ1) is 22.8. The van der Waals surface area contributed by atoms with E-state index < -0.39 is 40.1 Å². The van der Waals surface area contributed by atoms with Crippen LogP contribution in [0.1, 0.15) is 35.2 Å². The molecule has 1 N–H and O–H groups in total. The second-order valence-corrected chi connectivity index (χ2v) is 9.13. The van der Waals surface area contributed by atoms with E-state index in [9.17, 15) is 26.8 Å². The van der Waals surface area contributed by atoms with Gasteiger partial charge in [0.15, 0.2) is 6.61 Å². The smallest absolute Gasteiger partial charge is 0.338 e. The third kappa shape index (κ3) is 5.65. The van der Waals surface area contributed by atoms with Gasteiger partial charge in [0.1, 0.15) is 11.6 Å². The highest BCUT2D eigenvalue weighted by atomic mass is 32.2. The standard InChI is InChI=1S/C21H22F2N2O5S/c1-14-5-6-18(12-19(14)31(28,29)25-7-3-2-4-8-25)24-20(26)13-30-21(27)15-9-16(22)11-17(23)10-15/h5-6,9-12H,2-4,7-8,13H2,1H3,(H,24,26). The van der Waals surface area contributed by atoms with Gasteiger partial charge in [-0.25, -0.2) is 22.0 Å². The summed E-state index contributed by atoms with van der Waals surface area (Å²) >= 11 is 0. The Balaban J connectivity index is 1.66. The number of nitrogens with one attached hydrogen (secondary N) is 1. The molecule has 0 spiro atoms. The fourth-order valence-corrected chi connectivity index (χ4v) is 5.05. The Morgan fingerprint density at radius 3 is 2.32 bits per heavy atom. The van der Waals surface area contributed by atoms with Crippen LogP contribution in [-0.4, -0.2) is 44.3 Å². The molecule has 0 radical (unpaired) electrons. The molecule has 1 aliphatic rings. The zero-order chi connectivity index (χ0) is 22.6. The number of amides is 1. The minimum absolute atomic E-state index is 0.0967. The van der Waals surface area contributed by atoms with Gasteiger partial charge in [-0.1, -0.05) is 12.5 Å². The van der Waals surface area contributed by atoms with Crippen LogP contribution in [0.2, 0.25) is 0 Å². The van der Waals surface area contributed by atoms with Gasteiger partial charge in [-0.15, -0.1) is 0 Å². The second kappa shape index (κ2) is 9.52. The normalized spacial score (nSPS) is 14.8. The molecule has 1 fully saturated rings. The number of anilines is 1. The van der Waals surface area contributed by atoms with Crippen molar-refractivity contribution < 1.29 is 31.5 Å². The fraction of sp³-hybridized carbons (Fsp3) is 0.333. The van der Waals surface area contributed by atoms with Crippen molar-refractivity contribution in [2.24, 2.45) is 0 Å². The Kier molecular flexibility index (Phi) is 7.01. The number of piperidine rings is 1. The van der Waals surface area contributed by atoms with Crippen molar-refractivity contribution in [2.45, 2.75) is 31.1 Å². The molecule has 166 valence electrons. The van der Waals surface area contributed by atoms with E-state index in [1.54, 1.807) is 13.0 Å². The molecule has 10 heteroatoms. The van der Waals surface area contributed by atoms with E-state index in [2.05, 4.69) is 5.32 Å². The van der Waals surface area contributed by atoms with Gasteiger partial charge in [0, 0.05) is 24.8 Å². The number of nitrogens with zero attached hydrogens (tertiary/aromatic N) is 1. The lowest BCUT2D eigenvalue weighted by atomic mass is 10.2. The van der Waals surface area contributed by atoms with Crippen molar-refractivity contribution in [3.63, 3.8) is 0 Å². The summed E-state index contributed by atoms with van der Waals surface area (Å²) in [5.41, 5.74) is 0.401. The lowest BCUT2D eigenvalue weighted by molar-refractivity contribution is -0.119. The topological polar surface area (TPSA) is 92.8 Å². The van der Waals surface area contributed by atoms with E-state index in [-0.39, 0.29) is 16.1 Å². The van der Waals surface area contributed by atoms with Crippen molar-refractivity contribution in [2.75, 3.05) is 25.0 Å². The molecule has 0 aliphatic carbocycles. The molecule has 7 nitrogen and oxygen atoms in total. The molecule has 0 atom stereocenters. The van der Waals surface area contributed by atoms with Crippen LogP contribution < -0.4 is 5.32 Å². The van der Waals surface area contributed by atoms with Crippen molar-refractivity contribution in [3.8, 4) is 0 Å². The van der Waals surface area contributed by atoms with E-state index in [4.69, 9.17) is 4.74 Å². The maximum atomic E-state index is 13.2. The average Bonchev–Trinajstić information content (AvgIpc) is 2.73. The molecule has 0 saturated carbocycles. The van der Waals surface area contributed by atoms with E-state index >= 15 is 0 Å². The maximum absolute atomic E-state index is 13.2. The predicted octanol–water partition coefficient (Wildman–Crippen LogP) is 3.24. The SMILES string of the molecule is Cc1ccc(NC(=O)COC(=O)c2cc(F)cc(F)c2)cc1S(=O)(=O)N1CCCCC1. The van der Waals surface area contributed by atoms with Crippen molar-refractivity contribution >= 4 is 27.6 Å². The quantitative estimate of drug-likeness (QED) is 0.680. The molecule has 3 rings (SSSR count). The summed E-state index contributed by atoms with van der Waals surface area (Å²) in [6.07, 6.45) is 2.59. The number of sulfonamides is 1. The monoisotopic (exact) mass is 452 g/mol. The molecule has 1 amide bonds. The molecule has 1 aliphatic heterocycles. The molecule has 2 aromatic carbocycles. The van der Waals surface area contributed by atoms with Gasteiger partial charge in [0.2, 0.25) is 10.0 Å². The number of halogens is 2. The summed E-state index contributed by atoms with van der Waals surface area (Å²) in [6.45, 7) is 1.87. The van der Waals surface area contributed by atoms with Crippen LogP contribution in [0.25, 0.3) is 0 Å². The number of hydrogen-bond acceptors (Lipinski definition) is 5. The number of carbonyl (C=O) groups excluding carboxylic acids is 2. The van der Waals surface area contributed by atoms with Crippen LogP contribution in [-0.2, 0) is 19.6 Å². The summed E-state index contributed by atoms with van der Waals surface area (Å²) in [7, 11) is -3.70. The highest BCUT2D eigenvalue weighted by Crippen LogP contribution is 2.26. The third-order valence-electron chi connectivity index (χ3n) is 4.84. The highest BCUT2D eigenvalue weighted by Gasteiger charge is 2.27. The lowest BCUT2D eigenvalue weighted by Crippen LogP contribution is -2.36. The molecule has 1 heterocycles. The van der Waals surface area contributed by atoms with E-state index in [0.717, 1.165) is 31.4 Å². The van der Waals surface area contributed by atoms with Crippen LogP contribution in [0.15, 0.2) is 41.3 Å². The lowest BCUT2D eigenvalue weighted by Gasteiger charge is -2.26. The first-order chi connectivity index (χ1) is 14.7. The molecule has 31 heavy (non-hydrogen) atoms. The largest absolute Gasteiger partial charge is 0.452 e. The third-order valence-corrected chi connectivity index (χ3v) is 6.88. The van der Waals surface area contributed by atoms with Gasteiger partial charge in [-0.3, -0.25) is 4.79 Å². The average molecular weight is 452 g/mol. The van der Waals surface area contributed by atoms with Crippen LogP contribution in [0.3, 0.4) is 0 Å². The Bertz CT molecular complexity index is 1080. The van der Waals surface area contributed by atoms with Gasteiger partial charge >= 0.3 is 5.97 Å². The zero-order valence-electron chi connectivity index (χ0n) is 16.9. The Labute approximate surface area is 179 Å². The van der Waals surface area contributed by atoms with Crippen molar-refractivity contribution in [3.05, 3.63) is 59.2 Å². The Morgan fingerprint density at radius 2 is 1.68 bits per heavy atom. The first-order valence-corrected chi connectivity index (χ1v) is 11.1. The predicted molar refractivity (Wildman–Crippen MR) is 109 cm³/mol. The minimum atomic E-state index is -3.70. The minimum Gasteiger partial charge on any atom is -0.452 e. The molecule has 0 unspecified atom stereocenters. The van der Waals surface area contributed by atoms with Gasteiger partial charge in [0.25, 0.3) is 5.91 Å². The number of rotatable bonds is 6. The van der Waals surface area contributed by atoms with Gasteiger partial charge < -0.3 is 10.1 Å². The zero-order valence-corrected chi connectivity index (χ0v) is 17.7. The number of aryl methyl sites for hydroxylation is 1. The number of carbonyl (C=O) groups is 2. The van der Waals surface area contributed by atoms with Crippen LogP contribution in [0, 0.1) is 18.6 Å². The number of benzene rings is 2. The Morgan fingerprint density at radius 1 is 1.03 bits per heavy atom. The van der Waals surface area contributed by atoms with E-state index in [1.807, 2.05) is 0 Å². The molecule has 1 saturated heterocycles. The number of ether oxygens (including phenoxy) is 1. The molecule has 2 aromatic rings. The molecule has 0 aromatic heterocycles. The summed E-state index contributed by atoms with van der Waals surface area (Å²) in [4.78, 5) is 24.1.